The van der Waals surface area contributed by atoms with E-state index in [0.717, 1.165) is 0 Å². The maximum absolute atomic E-state index is 11.9. The van der Waals surface area contributed by atoms with E-state index in [2.05, 4.69) is 9.47 Å². The first-order chi connectivity index (χ1) is 8.05. The fourth-order valence-corrected chi connectivity index (χ4v) is 1.49. The van der Waals surface area contributed by atoms with Crippen molar-refractivity contribution in [1.82, 2.24) is 0 Å². The summed E-state index contributed by atoms with van der Waals surface area (Å²) in [5.74, 6) is -2.60. The molecule has 1 saturated carbocycles. The third-order valence-corrected chi connectivity index (χ3v) is 2.30. The molecule has 0 amide bonds. The first kappa shape index (κ1) is 15.0. The number of alkyl halides is 6. The molecule has 1 aliphatic carbocycles. The second kappa shape index (κ2) is 4.93. The van der Waals surface area contributed by atoms with E-state index in [1.807, 2.05) is 0 Å². The molecule has 0 aromatic heterocycles. The van der Waals surface area contributed by atoms with E-state index in [4.69, 9.17) is 5.26 Å². The zero-order valence-corrected chi connectivity index (χ0v) is 8.94. The van der Waals surface area contributed by atoms with Gasteiger partial charge in [0.25, 0.3) is 0 Å². The highest BCUT2D eigenvalue weighted by molar-refractivity contribution is 5.00. The van der Waals surface area contributed by atoms with E-state index >= 15 is 0 Å². The highest BCUT2D eigenvalue weighted by Crippen LogP contribution is 2.43. The molecule has 1 rings (SSSR count). The minimum atomic E-state index is -4.66. The van der Waals surface area contributed by atoms with Crippen LogP contribution in [0.5, 0.6) is 0 Å². The van der Waals surface area contributed by atoms with E-state index in [0.29, 0.717) is 0 Å². The highest BCUT2D eigenvalue weighted by atomic mass is 19.4. The number of halogens is 6. The van der Waals surface area contributed by atoms with Crippen LogP contribution >= 0.6 is 0 Å². The largest absolute Gasteiger partial charge is 0.411 e. The molecule has 0 aromatic rings. The quantitative estimate of drug-likeness (QED) is 0.586. The van der Waals surface area contributed by atoms with Crippen molar-refractivity contribution < 1.29 is 35.8 Å². The zero-order valence-electron chi connectivity index (χ0n) is 8.94. The van der Waals surface area contributed by atoms with Gasteiger partial charge in [0, 0.05) is 12.8 Å². The molecule has 0 spiro atoms. The van der Waals surface area contributed by atoms with Crippen LogP contribution in [0.25, 0.3) is 0 Å². The predicted octanol–water partition coefficient (Wildman–Crippen LogP) is 2.77. The molecule has 0 radical (unpaired) electrons. The number of hydrogen-bond acceptors (Lipinski definition) is 3. The fraction of sp³-hybridized carbons (Fsp3) is 0.889. The third-order valence-electron chi connectivity index (χ3n) is 2.30. The SMILES string of the molecule is N#CC1CC(OCC(F)(F)F)(OCC(F)(F)F)C1. The molecule has 0 aliphatic heterocycles. The van der Waals surface area contributed by atoms with Gasteiger partial charge in [0.05, 0.1) is 12.0 Å². The number of nitrogens with zero attached hydrogens (tertiary/aromatic N) is 1. The Bertz CT molecular complexity index is 305. The maximum Gasteiger partial charge on any atom is 0.411 e. The molecule has 0 aromatic carbocycles. The molecule has 0 atom stereocenters. The van der Waals surface area contributed by atoms with Crippen molar-refractivity contribution in [3.8, 4) is 6.07 Å². The Morgan fingerprint density at radius 1 is 1.00 bits per heavy atom. The van der Waals surface area contributed by atoms with Crippen LogP contribution in [0.2, 0.25) is 0 Å². The van der Waals surface area contributed by atoms with Crippen molar-refractivity contribution in [2.75, 3.05) is 13.2 Å². The molecule has 104 valence electrons. The average molecular weight is 277 g/mol. The summed E-state index contributed by atoms with van der Waals surface area (Å²) >= 11 is 0. The standard InChI is InChI=1S/C9H9F6NO2/c10-8(11,12)4-17-7(1-6(2-7)3-16)18-5-9(13,14)15/h6H,1-2,4-5H2. The normalized spacial score (nSPS) is 20.3. The van der Waals surface area contributed by atoms with Gasteiger partial charge in [-0.05, 0) is 0 Å². The van der Waals surface area contributed by atoms with Crippen molar-refractivity contribution in [1.29, 1.82) is 5.26 Å². The Labute approximate surface area is 98.3 Å². The smallest absolute Gasteiger partial charge is 0.340 e. The van der Waals surface area contributed by atoms with Crippen LogP contribution in [-0.2, 0) is 9.47 Å². The molecular formula is C9H9F6NO2. The lowest BCUT2D eigenvalue weighted by atomic mass is 9.79. The molecule has 0 bridgehead atoms. The molecule has 1 aliphatic rings. The number of rotatable bonds is 4. The zero-order chi connectivity index (χ0) is 14.0. The van der Waals surface area contributed by atoms with E-state index in [1.54, 1.807) is 6.07 Å². The summed E-state index contributed by atoms with van der Waals surface area (Å²) < 4.78 is 80.3. The molecule has 0 unspecified atom stereocenters. The van der Waals surface area contributed by atoms with Gasteiger partial charge >= 0.3 is 12.4 Å². The van der Waals surface area contributed by atoms with Crippen LogP contribution in [0.3, 0.4) is 0 Å². The molecule has 18 heavy (non-hydrogen) atoms. The molecule has 0 N–H and O–H groups in total. The number of hydrogen-bond donors (Lipinski definition) is 0. The molecule has 9 heteroatoms. The first-order valence-corrected chi connectivity index (χ1v) is 4.86. The Morgan fingerprint density at radius 3 is 1.67 bits per heavy atom. The molecule has 0 saturated heterocycles. The van der Waals surface area contributed by atoms with Gasteiger partial charge in [-0.25, -0.2) is 0 Å². The summed E-state index contributed by atoms with van der Waals surface area (Å²) in [6, 6.07) is 1.73. The summed E-state index contributed by atoms with van der Waals surface area (Å²) in [5.41, 5.74) is 0. The summed E-state index contributed by atoms with van der Waals surface area (Å²) in [6.45, 7) is -3.41. The van der Waals surface area contributed by atoms with Gasteiger partial charge in [-0.3, -0.25) is 0 Å². The van der Waals surface area contributed by atoms with Crippen molar-refractivity contribution in [2.45, 2.75) is 31.0 Å². The Morgan fingerprint density at radius 2 is 1.39 bits per heavy atom. The van der Waals surface area contributed by atoms with E-state index in [1.165, 1.54) is 0 Å². The van der Waals surface area contributed by atoms with Gasteiger partial charge in [-0.15, -0.1) is 0 Å². The van der Waals surface area contributed by atoms with Crippen LogP contribution < -0.4 is 0 Å². The lowest BCUT2D eigenvalue weighted by Crippen LogP contribution is -2.51. The van der Waals surface area contributed by atoms with Gasteiger partial charge in [0.15, 0.2) is 5.79 Å². The Hall–Kier alpha value is -1.01. The summed E-state index contributed by atoms with van der Waals surface area (Å²) in [7, 11) is 0. The van der Waals surface area contributed by atoms with Gasteiger partial charge in [0.1, 0.15) is 13.2 Å². The van der Waals surface area contributed by atoms with E-state index in [-0.39, 0.29) is 12.8 Å². The minimum absolute atomic E-state index is 0.296. The second-order valence-electron chi connectivity index (χ2n) is 3.95. The lowest BCUT2D eigenvalue weighted by molar-refractivity contribution is -0.342. The van der Waals surface area contributed by atoms with Crippen LogP contribution in [0.4, 0.5) is 26.3 Å². The van der Waals surface area contributed by atoms with Crippen LogP contribution in [-0.4, -0.2) is 31.4 Å². The highest BCUT2D eigenvalue weighted by Gasteiger charge is 2.50. The molecular weight excluding hydrogens is 268 g/mol. The molecule has 3 nitrogen and oxygen atoms in total. The third kappa shape index (κ3) is 4.70. The van der Waals surface area contributed by atoms with E-state index < -0.39 is 37.3 Å². The predicted molar refractivity (Wildman–Crippen MR) is 45.1 cm³/mol. The van der Waals surface area contributed by atoms with Crippen molar-refractivity contribution in [3.05, 3.63) is 0 Å². The Balaban J connectivity index is 2.53. The van der Waals surface area contributed by atoms with Crippen LogP contribution in [0.15, 0.2) is 0 Å². The fourth-order valence-electron chi connectivity index (χ4n) is 1.49. The van der Waals surface area contributed by atoms with Crippen LogP contribution in [0.1, 0.15) is 12.8 Å². The summed E-state index contributed by atoms with van der Waals surface area (Å²) in [6.07, 6.45) is -9.91. The topological polar surface area (TPSA) is 42.2 Å². The molecule has 0 heterocycles. The van der Waals surface area contributed by atoms with Crippen molar-refractivity contribution >= 4 is 0 Å². The first-order valence-electron chi connectivity index (χ1n) is 4.86. The second-order valence-corrected chi connectivity index (χ2v) is 3.95. The van der Waals surface area contributed by atoms with Crippen molar-refractivity contribution in [2.24, 2.45) is 5.92 Å². The summed E-state index contributed by atoms with van der Waals surface area (Å²) in [4.78, 5) is 0. The van der Waals surface area contributed by atoms with E-state index in [9.17, 15) is 26.3 Å². The van der Waals surface area contributed by atoms with Gasteiger partial charge in [-0.2, -0.15) is 31.6 Å². The van der Waals surface area contributed by atoms with Crippen LogP contribution in [0, 0.1) is 17.2 Å². The number of ether oxygens (including phenoxy) is 2. The number of nitriles is 1. The lowest BCUT2D eigenvalue weighted by Gasteiger charge is -2.44. The maximum atomic E-state index is 11.9. The minimum Gasteiger partial charge on any atom is -0.340 e. The summed E-state index contributed by atoms with van der Waals surface area (Å²) in [5, 5.41) is 8.47. The Kier molecular flexibility index (Phi) is 4.12. The van der Waals surface area contributed by atoms with Crippen molar-refractivity contribution in [3.63, 3.8) is 0 Å². The van der Waals surface area contributed by atoms with Gasteiger partial charge < -0.3 is 9.47 Å². The van der Waals surface area contributed by atoms with Gasteiger partial charge in [-0.1, -0.05) is 0 Å². The monoisotopic (exact) mass is 277 g/mol. The molecule has 1 fully saturated rings. The average Bonchev–Trinajstić information content (AvgIpc) is 2.12. The van der Waals surface area contributed by atoms with Gasteiger partial charge in [0.2, 0.25) is 0 Å².